The molecule has 4 rings (SSSR count). The van der Waals surface area contributed by atoms with E-state index in [9.17, 15) is 9.59 Å². The monoisotopic (exact) mass is 385 g/mol. The van der Waals surface area contributed by atoms with E-state index < -0.39 is 0 Å². The average Bonchev–Trinajstić information content (AvgIpc) is 3.21. The van der Waals surface area contributed by atoms with Gasteiger partial charge in [0, 0.05) is 30.4 Å². The van der Waals surface area contributed by atoms with Gasteiger partial charge in [0.1, 0.15) is 0 Å². The average molecular weight is 385 g/mol. The van der Waals surface area contributed by atoms with Crippen LogP contribution < -0.4 is 10.2 Å². The Hall–Kier alpha value is -3.47. The largest absolute Gasteiger partial charge is 0.340 e. The zero-order valence-corrected chi connectivity index (χ0v) is 16.3. The van der Waals surface area contributed by atoms with E-state index in [1.165, 1.54) is 0 Å². The van der Waals surface area contributed by atoms with Gasteiger partial charge in [0.25, 0.3) is 5.91 Å². The lowest BCUT2D eigenvalue weighted by Gasteiger charge is -2.20. The van der Waals surface area contributed by atoms with E-state index in [2.05, 4.69) is 10.3 Å². The lowest BCUT2D eigenvalue weighted by molar-refractivity contribution is -0.118. The third kappa shape index (κ3) is 3.90. The first-order valence-electron chi connectivity index (χ1n) is 9.87. The highest BCUT2D eigenvalue weighted by molar-refractivity contribution is 5.98. The molecule has 1 aromatic heterocycles. The van der Waals surface area contributed by atoms with Crippen molar-refractivity contribution in [2.45, 2.75) is 25.8 Å². The van der Waals surface area contributed by atoms with Gasteiger partial charge in [-0.2, -0.15) is 0 Å². The molecule has 2 amide bonds. The first kappa shape index (κ1) is 18.9. The summed E-state index contributed by atoms with van der Waals surface area (Å²) in [5, 5.41) is 3.12. The molecule has 0 spiro atoms. The molecule has 0 saturated heterocycles. The molecule has 146 valence electrons. The fourth-order valence-electron chi connectivity index (χ4n) is 3.73. The van der Waals surface area contributed by atoms with E-state index >= 15 is 0 Å². The zero-order chi connectivity index (χ0) is 20.2. The van der Waals surface area contributed by atoms with Crippen LogP contribution in [0.25, 0.3) is 0 Å². The molecule has 1 aliphatic rings. The molecule has 3 aromatic rings. The van der Waals surface area contributed by atoms with Crippen molar-refractivity contribution in [3.05, 3.63) is 95.3 Å². The van der Waals surface area contributed by atoms with Crippen molar-refractivity contribution in [2.24, 2.45) is 0 Å². The number of aromatic nitrogens is 1. The number of hydrogen-bond acceptors (Lipinski definition) is 3. The van der Waals surface area contributed by atoms with Crippen LogP contribution >= 0.6 is 0 Å². The van der Waals surface area contributed by atoms with Crippen LogP contribution in [0, 0.1) is 0 Å². The van der Waals surface area contributed by atoms with Gasteiger partial charge in [0.05, 0.1) is 11.7 Å². The standard InChI is InChI=1S/C24H23N3O2/c1-2-22(28)27-15-13-18-16-19(11-12-21(18)27)24(29)26-23(17-8-4-3-5-9-17)20-10-6-7-14-25-20/h3-12,14,16,23H,2,13,15H2,1H3,(H,26,29). The Morgan fingerprint density at radius 2 is 1.86 bits per heavy atom. The van der Waals surface area contributed by atoms with Crippen molar-refractivity contribution in [1.29, 1.82) is 0 Å². The van der Waals surface area contributed by atoms with E-state index in [0.717, 1.165) is 28.9 Å². The predicted molar refractivity (Wildman–Crippen MR) is 113 cm³/mol. The van der Waals surface area contributed by atoms with Gasteiger partial charge in [0.2, 0.25) is 5.91 Å². The highest BCUT2D eigenvalue weighted by Gasteiger charge is 2.25. The molecular formula is C24H23N3O2. The van der Waals surface area contributed by atoms with Crippen LogP contribution in [-0.2, 0) is 11.2 Å². The Morgan fingerprint density at radius 3 is 2.59 bits per heavy atom. The second-order valence-electron chi connectivity index (χ2n) is 7.06. The number of rotatable bonds is 5. The molecule has 0 radical (unpaired) electrons. The summed E-state index contributed by atoms with van der Waals surface area (Å²) in [6.45, 7) is 2.54. The Labute approximate surface area is 170 Å². The number of hydrogen-bond donors (Lipinski definition) is 1. The lowest BCUT2D eigenvalue weighted by atomic mass is 10.0. The van der Waals surface area contributed by atoms with Crippen LogP contribution in [0.3, 0.4) is 0 Å². The number of carbonyl (C=O) groups is 2. The van der Waals surface area contributed by atoms with Gasteiger partial charge in [-0.1, -0.05) is 43.3 Å². The molecule has 0 bridgehead atoms. The summed E-state index contributed by atoms with van der Waals surface area (Å²) < 4.78 is 0. The molecule has 1 N–H and O–H groups in total. The summed E-state index contributed by atoms with van der Waals surface area (Å²) >= 11 is 0. The van der Waals surface area contributed by atoms with Crippen LogP contribution in [0.2, 0.25) is 0 Å². The number of pyridine rings is 1. The Bertz CT molecular complexity index is 979. The molecule has 29 heavy (non-hydrogen) atoms. The highest BCUT2D eigenvalue weighted by atomic mass is 16.2. The first-order valence-corrected chi connectivity index (χ1v) is 9.87. The minimum absolute atomic E-state index is 0.111. The van der Waals surface area contributed by atoms with E-state index in [-0.39, 0.29) is 17.9 Å². The van der Waals surface area contributed by atoms with Gasteiger partial charge in [0.15, 0.2) is 0 Å². The molecule has 1 unspecified atom stereocenters. The summed E-state index contributed by atoms with van der Waals surface area (Å²) in [7, 11) is 0. The number of benzene rings is 2. The van der Waals surface area contributed by atoms with Crippen molar-refractivity contribution in [3.63, 3.8) is 0 Å². The maximum Gasteiger partial charge on any atom is 0.252 e. The topological polar surface area (TPSA) is 62.3 Å². The number of anilines is 1. The van der Waals surface area contributed by atoms with Crippen LogP contribution in [0.4, 0.5) is 5.69 Å². The Kier molecular flexibility index (Phi) is 5.38. The van der Waals surface area contributed by atoms with Crippen LogP contribution in [-0.4, -0.2) is 23.3 Å². The summed E-state index contributed by atoms with van der Waals surface area (Å²) in [5.74, 6) is -0.0483. The highest BCUT2D eigenvalue weighted by Crippen LogP contribution is 2.30. The fourth-order valence-corrected chi connectivity index (χ4v) is 3.73. The van der Waals surface area contributed by atoms with Gasteiger partial charge in [-0.25, -0.2) is 0 Å². The molecule has 0 fully saturated rings. The van der Waals surface area contributed by atoms with Gasteiger partial charge in [-0.3, -0.25) is 14.6 Å². The van der Waals surface area contributed by atoms with Gasteiger partial charge >= 0.3 is 0 Å². The molecule has 2 heterocycles. The second-order valence-corrected chi connectivity index (χ2v) is 7.06. The number of nitrogens with zero attached hydrogens (tertiary/aromatic N) is 2. The third-order valence-corrected chi connectivity index (χ3v) is 5.23. The molecule has 2 aromatic carbocycles. The Balaban J connectivity index is 1.60. The lowest BCUT2D eigenvalue weighted by Crippen LogP contribution is -2.30. The smallest absolute Gasteiger partial charge is 0.252 e. The fraction of sp³-hybridized carbons (Fsp3) is 0.208. The van der Waals surface area contributed by atoms with E-state index in [1.54, 1.807) is 17.2 Å². The van der Waals surface area contributed by atoms with Crippen molar-refractivity contribution >= 4 is 17.5 Å². The third-order valence-electron chi connectivity index (χ3n) is 5.23. The molecule has 0 saturated carbocycles. The van der Waals surface area contributed by atoms with Crippen molar-refractivity contribution < 1.29 is 9.59 Å². The predicted octanol–water partition coefficient (Wildman–Crippen LogP) is 3.90. The van der Waals surface area contributed by atoms with Crippen LogP contribution in [0.15, 0.2) is 72.9 Å². The molecule has 1 aliphatic heterocycles. The number of carbonyl (C=O) groups excluding carboxylic acids is 2. The minimum atomic E-state index is -0.337. The van der Waals surface area contributed by atoms with Gasteiger partial charge < -0.3 is 10.2 Å². The number of nitrogens with one attached hydrogen (secondary N) is 1. The molecular weight excluding hydrogens is 362 g/mol. The molecule has 1 atom stereocenters. The number of fused-ring (bicyclic) bond motifs is 1. The quantitative estimate of drug-likeness (QED) is 0.725. The van der Waals surface area contributed by atoms with E-state index in [4.69, 9.17) is 0 Å². The summed E-state index contributed by atoms with van der Waals surface area (Å²) in [6, 6.07) is 20.7. The normalized spacial score (nSPS) is 13.6. The van der Waals surface area contributed by atoms with Crippen molar-refractivity contribution in [1.82, 2.24) is 10.3 Å². The Morgan fingerprint density at radius 1 is 1.07 bits per heavy atom. The van der Waals surface area contributed by atoms with E-state index in [1.807, 2.05) is 67.6 Å². The zero-order valence-electron chi connectivity index (χ0n) is 16.3. The summed E-state index contributed by atoms with van der Waals surface area (Å²) in [6.07, 6.45) is 2.97. The van der Waals surface area contributed by atoms with Crippen molar-refractivity contribution in [3.8, 4) is 0 Å². The van der Waals surface area contributed by atoms with E-state index in [0.29, 0.717) is 18.5 Å². The number of amides is 2. The van der Waals surface area contributed by atoms with Crippen LogP contribution in [0.5, 0.6) is 0 Å². The summed E-state index contributed by atoms with van der Waals surface area (Å²) in [5.41, 5.74) is 4.30. The van der Waals surface area contributed by atoms with Crippen molar-refractivity contribution in [2.75, 3.05) is 11.4 Å². The van der Waals surface area contributed by atoms with Gasteiger partial charge in [-0.15, -0.1) is 0 Å². The molecule has 5 heteroatoms. The second kappa shape index (κ2) is 8.27. The van der Waals surface area contributed by atoms with Gasteiger partial charge in [-0.05, 0) is 47.9 Å². The summed E-state index contributed by atoms with van der Waals surface area (Å²) in [4.78, 5) is 31.4. The van der Waals surface area contributed by atoms with Crippen LogP contribution in [0.1, 0.15) is 46.6 Å². The molecule has 0 aliphatic carbocycles. The SMILES string of the molecule is CCC(=O)N1CCc2cc(C(=O)NC(c3ccccc3)c3ccccn3)ccc21. The maximum atomic E-state index is 13.1. The maximum absolute atomic E-state index is 13.1. The minimum Gasteiger partial charge on any atom is -0.340 e. The first-order chi connectivity index (χ1) is 14.2. The molecule has 5 nitrogen and oxygen atoms in total.